The van der Waals surface area contributed by atoms with Gasteiger partial charge in [0.25, 0.3) is 0 Å². The summed E-state index contributed by atoms with van der Waals surface area (Å²) >= 11 is 0. The third-order valence-electron chi connectivity index (χ3n) is 6.97. The molecule has 0 radical (unpaired) electrons. The maximum Gasteiger partial charge on any atom is 0.161 e. The van der Waals surface area contributed by atoms with E-state index in [0.717, 1.165) is 43.2 Å². The fraction of sp³-hybridized carbons (Fsp3) is 0.440. The van der Waals surface area contributed by atoms with Gasteiger partial charge in [0.15, 0.2) is 11.5 Å². The molecule has 1 saturated heterocycles. The van der Waals surface area contributed by atoms with Crippen LogP contribution in [0.4, 0.5) is 0 Å². The molecular formula is C25H29NO4. The first-order chi connectivity index (χ1) is 14.7. The van der Waals surface area contributed by atoms with E-state index in [1.807, 2.05) is 7.11 Å². The molecule has 0 amide bonds. The summed E-state index contributed by atoms with van der Waals surface area (Å²) in [5, 5.41) is 4.95. The predicted octanol–water partition coefficient (Wildman–Crippen LogP) is 4.55. The van der Waals surface area contributed by atoms with Gasteiger partial charge in [0, 0.05) is 26.2 Å². The van der Waals surface area contributed by atoms with E-state index in [2.05, 4.69) is 35.2 Å². The lowest BCUT2D eigenvalue weighted by atomic mass is 9.82. The van der Waals surface area contributed by atoms with Crippen LogP contribution in [-0.2, 0) is 17.7 Å². The van der Waals surface area contributed by atoms with Crippen LogP contribution >= 0.6 is 0 Å². The van der Waals surface area contributed by atoms with Crippen LogP contribution < -0.4 is 14.2 Å². The van der Waals surface area contributed by atoms with Crippen molar-refractivity contribution < 1.29 is 18.9 Å². The average Bonchev–Trinajstić information content (AvgIpc) is 2.81. The lowest BCUT2D eigenvalue weighted by Crippen LogP contribution is -2.48. The second-order valence-corrected chi connectivity index (χ2v) is 8.34. The van der Waals surface area contributed by atoms with Gasteiger partial charge in [0.2, 0.25) is 0 Å². The number of benzene rings is 3. The molecule has 3 aromatic carbocycles. The number of ether oxygens (including phenoxy) is 4. The molecule has 5 heteroatoms. The van der Waals surface area contributed by atoms with Crippen LogP contribution in [0.25, 0.3) is 21.5 Å². The van der Waals surface area contributed by atoms with Crippen molar-refractivity contribution in [2.75, 3.05) is 35.0 Å². The third-order valence-corrected chi connectivity index (χ3v) is 6.97. The van der Waals surface area contributed by atoms with Gasteiger partial charge in [-0.1, -0.05) is 6.07 Å². The molecule has 2 atom stereocenters. The highest BCUT2D eigenvalue weighted by atomic mass is 16.5. The van der Waals surface area contributed by atoms with Crippen molar-refractivity contribution in [3.8, 4) is 17.2 Å². The SMILES string of the molecule is COc1ccc2c3c(c4cc(OC)c(OC)cc4c2c1)C[C@H]1CCC(OC)CN1C3. The van der Waals surface area contributed by atoms with Gasteiger partial charge in [-0.05, 0) is 76.2 Å². The Kier molecular flexibility index (Phi) is 4.95. The zero-order valence-corrected chi connectivity index (χ0v) is 18.2. The summed E-state index contributed by atoms with van der Waals surface area (Å²) in [5.41, 5.74) is 2.86. The minimum atomic E-state index is 0.332. The molecule has 158 valence electrons. The van der Waals surface area contributed by atoms with Crippen molar-refractivity contribution in [1.29, 1.82) is 0 Å². The van der Waals surface area contributed by atoms with E-state index in [-0.39, 0.29) is 0 Å². The van der Waals surface area contributed by atoms with Gasteiger partial charge >= 0.3 is 0 Å². The second-order valence-electron chi connectivity index (χ2n) is 8.34. The zero-order valence-electron chi connectivity index (χ0n) is 18.2. The van der Waals surface area contributed by atoms with Gasteiger partial charge in [-0.25, -0.2) is 0 Å². The van der Waals surface area contributed by atoms with Crippen LogP contribution in [0.2, 0.25) is 0 Å². The fourth-order valence-corrected chi connectivity index (χ4v) is 5.35. The van der Waals surface area contributed by atoms with Gasteiger partial charge < -0.3 is 18.9 Å². The molecule has 1 unspecified atom stereocenters. The third kappa shape index (κ3) is 2.99. The lowest BCUT2D eigenvalue weighted by Gasteiger charge is -2.43. The number of fused-ring (bicyclic) bond motifs is 7. The molecule has 0 aromatic heterocycles. The van der Waals surface area contributed by atoms with Crippen molar-refractivity contribution in [2.24, 2.45) is 0 Å². The van der Waals surface area contributed by atoms with Crippen LogP contribution in [0.5, 0.6) is 17.2 Å². The summed E-state index contributed by atoms with van der Waals surface area (Å²) in [4.78, 5) is 2.61. The Morgan fingerprint density at radius 3 is 2.20 bits per heavy atom. The molecule has 3 aromatic rings. The minimum absolute atomic E-state index is 0.332. The van der Waals surface area contributed by atoms with Crippen LogP contribution in [-0.4, -0.2) is 52.0 Å². The number of rotatable bonds is 4. The van der Waals surface area contributed by atoms with E-state index >= 15 is 0 Å². The van der Waals surface area contributed by atoms with E-state index in [9.17, 15) is 0 Å². The first-order valence-electron chi connectivity index (χ1n) is 10.6. The van der Waals surface area contributed by atoms with E-state index in [1.54, 1.807) is 21.3 Å². The van der Waals surface area contributed by atoms with Crippen molar-refractivity contribution >= 4 is 21.5 Å². The number of hydrogen-bond donors (Lipinski definition) is 0. The van der Waals surface area contributed by atoms with Crippen molar-refractivity contribution in [3.63, 3.8) is 0 Å². The summed E-state index contributed by atoms with van der Waals surface area (Å²) < 4.78 is 22.5. The van der Waals surface area contributed by atoms with Crippen LogP contribution in [0.3, 0.4) is 0 Å². The summed E-state index contributed by atoms with van der Waals surface area (Å²) in [5.74, 6) is 2.40. The van der Waals surface area contributed by atoms with E-state index in [4.69, 9.17) is 18.9 Å². The van der Waals surface area contributed by atoms with Gasteiger partial charge in [0.1, 0.15) is 5.75 Å². The standard InChI is InChI=1S/C25H29NO4/c1-27-16-7-8-18-20(10-16)22-12-25(30-4)24(29-3)11-21(22)19-9-15-5-6-17(28-2)13-26(15)14-23(18)19/h7-8,10-12,15,17H,5-6,9,13-14H2,1-4H3/t15-,17?/m1/s1. The van der Waals surface area contributed by atoms with E-state index in [0.29, 0.717) is 12.1 Å². The monoisotopic (exact) mass is 407 g/mol. The normalized spacial score (nSPS) is 21.3. The molecule has 0 aliphatic carbocycles. The maximum absolute atomic E-state index is 5.68. The Labute approximate surface area is 177 Å². The van der Waals surface area contributed by atoms with Crippen molar-refractivity contribution in [3.05, 3.63) is 41.5 Å². The molecule has 30 heavy (non-hydrogen) atoms. The molecule has 0 saturated carbocycles. The minimum Gasteiger partial charge on any atom is -0.497 e. The molecular weight excluding hydrogens is 378 g/mol. The summed E-state index contributed by atoms with van der Waals surface area (Å²) in [6.07, 6.45) is 3.69. The van der Waals surface area contributed by atoms with Gasteiger partial charge in [-0.3, -0.25) is 4.90 Å². The molecule has 5 rings (SSSR count). The van der Waals surface area contributed by atoms with Crippen LogP contribution in [0, 0.1) is 0 Å². The van der Waals surface area contributed by atoms with E-state index in [1.165, 1.54) is 39.1 Å². The maximum atomic E-state index is 5.68. The highest BCUT2D eigenvalue weighted by Gasteiger charge is 2.34. The van der Waals surface area contributed by atoms with Crippen LogP contribution in [0.1, 0.15) is 24.0 Å². The van der Waals surface area contributed by atoms with Gasteiger partial charge in [-0.2, -0.15) is 0 Å². The van der Waals surface area contributed by atoms with Gasteiger partial charge in [0.05, 0.1) is 27.4 Å². The smallest absolute Gasteiger partial charge is 0.161 e. The highest BCUT2D eigenvalue weighted by molar-refractivity contribution is 6.12. The Balaban J connectivity index is 1.78. The van der Waals surface area contributed by atoms with Crippen molar-refractivity contribution in [1.82, 2.24) is 4.90 Å². The predicted molar refractivity (Wildman–Crippen MR) is 119 cm³/mol. The molecule has 2 aliphatic rings. The Hall–Kier alpha value is -2.50. The largest absolute Gasteiger partial charge is 0.497 e. The molecule has 2 heterocycles. The highest BCUT2D eigenvalue weighted by Crippen LogP contribution is 2.44. The summed E-state index contributed by atoms with van der Waals surface area (Å²) in [7, 11) is 6.94. The second kappa shape index (κ2) is 7.64. The van der Waals surface area contributed by atoms with E-state index < -0.39 is 0 Å². The van der Waals surface area contributed by atoms with Crippen LogP contribution in [0.15, 0.2) is 30.3 Å². The quantitative estimate of drug-likeness (QED) is 0.593. The number of methoxy groups -OCH3 is 4. The number of hydrogen-bond acceptors (Lipinski definition) is 5. The first-order valence-corrected chi connectivity index (χ1v) is 10.6. The number of piperidine rings is 1. The molecule has 0 N–H and O–H groups in total. The fourth-order valence-electron chi connectivity index (χ4n) is 5.35. The Morgan fingerprint density at radius 2 is 1.50 bits per heavy atom. The Morgan fingerprint density at radius 1 is 0.767 bits per heavy atom. The lowest BCUT2D eigenvalue weighted by molar-refractivity contribution is -0.00188. The van der Waals surface area contributed by atoms with Gasteiger partial charge in [-0.15, -0.1) is 0 Å². The number of nitrogens with zero attached hydrogens (tertiary/aromatic N) is 1. The summed E-state index contributed by atoms with van der Waals surface area (Å²) in [6, 6.07) is 11.3. The molecule has 2 aliphatic heterocycles. The molecule has 1 fully saturated rings. The van der Waals surface area contributed by atoms with Crippen molar-refractivity contribution in [2.45, 2.75) is 38.0 Å². The molecule has 5 nitrogen and oxygen atoms in total. The summed E-state index contributed by atoms with van der Waals surface area (Å²) in [6.45, 7) is 1.95. The molecule has 0 spiro atoms. The average molecular weight is 408 g/mol. The zero-order chi connectivity index (χ0) is 20.8. The topological polar surface area (TPSA) is 40.2 Å². The first kappa shape index (κ1) is 19.5. The molecule has 0 bridgehead atoms. The Bertz CT molecular complexity index is 1110.